The van der Waals surface area contributed by atoms with Crippen LogP contribution in [0.4, 0.5) is 5.82 Å². The molecule has 0 spiro atoms. The number of hydrogen-bond donors (Lipinski definition) is 1. The van der Waals surface area contributed by atoms with E-state index in [1.807, 2.05) is 6.92 Å². The molecular weight excluding hydrogens is 312 g/mol. The standard InChI is InChI=1S/C20H30N4O/c1-14-7-6-10-23(12-14)13-19(25)22-20-18(11-21)15(2)16(3)24(20)17-8-4-5-9-17/h14,17H,4-10,12-13H2,1-3H3,(H,22,25). The molecule has 2 aliphatic rings. The molecule has 1 unspecified atom stereocenters. The molecular formula is C20H30N4O. The van der Waals surface area contributed by atoms with Gasteiger partial charge in [-0.2, -0.15) is 5.26 Å². The van der Waals surface area contributed by atoms with Gasteiger partial charge in [0.25, 0.3) is 0 Å². The van der Waals surface area contributed by atoms with Crippen molar-refractivity contribution < 1.29 is 4.79 Å². The second-order valence-electron chi connectivity index (χ2n) is 7.88. The smallest absolute Gasteiger partial charge is 0.239 e. The Kier molecular flexibility index (Phi) is 5.48. The number of amides is 1. The molecule has 2 heterocycles. The second kappa shape index (κ2) is 7.61. The van der Waals surface area contributed by atoms with Crippen LogP contribution in [-0.2, 0) is 4.79 Å². The van der Waals surface area contributed by atoms with Gasteiger partial charge in [-0.1, -0.05) is 19.8 Å². The van der Waals surface area contributed by atoms with E-state index in [2.05, 4.69) is 34.7 Å². The molecule has 1 saturated heterocycles. The van der Waals surface area contributed by atoms with Crippen molar-refractivity contribution in [3.63, 3.8) is 0 Å². The number of rotatable bonds is 4. The van der Waals surface area contributed by atoms with Crippen LogP contribution < -0.4 is 5.32 Å². The van der Waals surface area contributed by atoms with Crippen molar-refractivity contribution >= 4 is 11.7 Å². The molecule has 1 N–H and O–H groups in total. The van der Waals surface area contributed by atoms with Crippen molar-refractivity contribution in [3.8, 4) is 6.07 Å². The lowest BCUT2D eigenvalue weighted by atomic mass is 10.0. The molecule has 0 radical (unpaired) electrons. The van der Waals surface area contributed by atoms with Gasteiger partial charge < -0.3 is 9.88 Å². The zero-order valence-electron chi connectivity index (χ0n) is 15.8. The van der Waals surface area contributed by atoms with Gasteiger partial charge in [0.15, 0.2) is 0 Å². The van der Waals surface area contributed by atoms with Gasteiger partial charge in [0.2, 0.25) is 5.91 Å². The third-order valence-corrected chi connectivity index (χ3v) is 5.92. The summed E-state index contributed by atoms with van der Waals surface area (Å²) < 4.78 is 2.22. The zero-order chi connectivity index (χ0) is 18.0. The quantitative estimate of drug-likeness (QED) is 0.906. The lowest BCUT2D eigenvalue weighted by Crippen LogP contribution is -2.40. The minimum atomic E-state index is 0.00217. The predicted octanol–water partition coefficient (Wildman–Crippen LogP) is 3.76. The number of nitrogens with zero attached hydrogens (tertiary/aromatic N) is 3. The molecule has 136 valence electrons. The van der Waals surface area contributed by atoms with Crippen LogP contribution in [0.2, 0.25) is 0 Å². The van der Waals surface area contributed by atoms with Gasteiger partial charge in [-0.15, -0.1) is 0 Å². The molecule has 1 atom stereocenters. The van der Waals surface area contributed by atoms with Crippen LogP contribution >= 0.6 is 0 Å². The molecule has 0 bridgehead atoms. The maximum Gasteiger partial charge on any atom is 0.239 e. The van der Waals surface area contributed by atoms with Crippen LogP contribution in [0.3, 0.4) is 0 Å². The number of carbonyl (C=O) groups excluding carboxylic acids is 1. The van der Waals surface area contributed by atoms with Crippen LogP contribution in [-0.4, -0.2) is 35.0 Å². The summed E-state index contributed by atoms with van der Waals surface area (Å²) in [5.74, 6) is 1.38. The molecule has 1 aliphatic carbocycles. The number of piperidine rings is 1. The molecule has 1 amide bonds. The molecule has 25 heavy (non-hydrogen) atoms. The van der Waals surface area contributed by atoms with Crippen LogP contribution in [0.25, 0.3) is 0 Å². The van der Waals surface area contributed by atoms with Crippen molar-refractivity contribution in [2.45, 2.75) is 65.3 Å². The summed E-state index contributed by atoms with van der Waals surface area (Å²) in [4.78, 5) is 14.9. The van der Waals surface area contributed by atoms with Crippen molar-refractivity contribution in [3.05, 3.63) is 16.8 Å². The number of likely N-dealkylation sites (tertiary alicyclic amines) is 1. The molecule has 0 aromatic carbocycles. The number of aromatic nitrogens is 1. The lowest BCUT2D eigenvalue weighted by molar-refractivity contribution is -0.117. The van der Waals surface area contributed by atoms with Gasteiger partial charge in [0.1, 0.15) is 11.9 Å². The predicted molar refractivity (Wildman–Crippen MR) is 99.6 cm³/mol. The fraction of sp³-hybridized carbons (Fsp3) is 0.700. The Hall–Kier alpha value is -1.80. The van der Waals surface area contributed by atoms with Crippen LogP contribution in [0.5, 0.6) is 0 Å². The van der Waals surface area contributed by atoms with Gasteiger partial charge >= 0.3 is 0 Å². The highest BCUT2D eigenvalue weighted by atomic mass is 16.2. The second-order valence-corrected chi connectivity index (χ2v) is 7.88. The van der Waals surface area contributed by atoms with E-state index in [-0.39, 0.29) is 5.91 Å². The third kappa shape index (κ3) is 3.74. The average Bonchev–Trinajstić information content (AvgIpc) is 3.15. The fourth-order valence-electron chi connectivity index (χ4n) is 4.51. The van der Waals surface area contributed by atoms with E-state index in [1.54, 1.807) is 0 Å². The molecule has 2 fully saturated rings. The Labute approximate surface area is 151 Å². The number of anilines is 1. The highest BCUT2D eigenvalue weighted by Gasteiger charge is 2.27. The molecule has 1 aromatic heterocycles. The van der Waals surface area contributed by atoms with Crippen molar-refractivity contribution in [2.24, 2.45) is 5.92 Å². The molecule has 1 aromatic rings. The van der Waals surface area contributed by atoms with Crippen molar-refractivity contribution in [2.75, 3.05) is 25.0 Å². The Morgan fingerprint density at radius 3 is 2.60 bits per heavy atom. The maximum atomic E-state index is 12.7. The topological polar surface area (TPSA) is 61.1 Å². The Morgan fingerprint density at radius 2 is 1.96 bits per heavy atom. The van der Waals surface area contributed by atoms with Crippen LogP contribution in [0.1, 0.15) is 68.3 Å². The van der Waals surface area contributed by atoms with E-state index >= 15 is 0 Å². The van der Waals surface area contributed by atoms with Gasteiger partial charge in [0, 0.05) is 18.3 Å². The van der Waals surface area contributed by atoms with Crippen LogP contribution in [0, 0.1) is 31.1 Å². The minimum Gasteiger partial charge on any atom is -0.327 e. The number of carbonyl (C=O) groups is 1. The third-order valence-electron chi connectivity index (χ3n) is 5.92. The average molecular weight is 342 g/mol. The maximum absolute atomic E-state index is 12.7. The first-order valence-corrected chi connectivity index (χ1v) is 9.65. The van der Waals surface area contributed by atoms with Gasteiger partial charge in [0.05, 0.1) is 12.1 Å². The van der Waals surface area contributed by atoms with E-state index in [4.69, 9.17) is 0 Å². The normalized spacial score (nSPS) is 22.1. The number of hydrogen-bond acceptors (Lipinski definition) is 3. The summed E-state index contributed by atoms with van der Waals surface area (Å²) in [5.41, 5.74) is 2.74. The summed E-state index contributed by atoms with van der Waals surface area (Å²) in [7, 11) is 0. The summed E-state index contributed by atoms with van der Waals surface area (Å²) in [6, 6.07) is 2.72. The number of nitriles is 1. The van der Waals surface area contributed by atoms with Crippen molar-refractivity contribution in [1.82, 2.24) is 9.47 Å². The molecule has 3 rings (SSSR count). The first kappa shape index (κ1) is 18.0. The Bertz CT molecular complexity index is 679. The molecule has 5 nitrogen and oxygen atoms in total. The van der Waals surface area contributed by atoms with E-state index in [9.17, 15) is 10.1 Å². The molecule has 1 aliphatic heterocycles. The van der Waals surface area contributed by atoms with E-state index in [0.29, 0.717) is 24.1 Å². The molecule has 5 heteroatoms. The lowest BCUT2D eigenvalue weighted by Gasteiger charge is -2.30. The minimum absolute atomic E-state index is 0.00217. The highest BCUT2D eigenvalue weighted by Crippen LogP contribution is 2.37. The first-order chi connectivity index (χ1) is 12.0. The first-order valence-electron chi connectivity index (χ1n) is 9.65. The van der Waals surface area contributed by atoms with E-state index in [0.717, 1.165) is 49.4 Å². The van der Waals surface area contributed by atoms with E-state index in [1.165, 1.54) is 19.3 Å². The highest BCUT2D eigenvalue weighted by molar-refractivity contribution is 5.93. The summed E-state index contributed by atoms with van der Waals surface area (Å²) in [5, 5.41) is 12.7. The summed E-state index contributed by atoms with van der Waals surface area (Å²) in [6.45, 7) is 8.70. The SMILES string of the molecule is Cc1c(C#N)c(NC(=O)CN2CCCC(C)C2)n(C2CCCC2)c1C. The van der Waals surface area contributed by atoms with E-state index < -0.39 is 0 Å². The summed E-state index contributed by atoms with van der Waals surface area (Å²) in [6.07, 6.45) is 7.12. The monoisotopic (exact) mass is 342 g/mol. The van der Waals surface area contributed by atoms with Gasteiger partial charge in [-0.05, 0) is 57.6 Å². The Balaban J connectivity index is 1.79. The van der Waals surface area contributed by atoms with Gasteiger partial charge in [-0.3, -0.25) is 9.69 Å². The number of nitrogens with one attached hydrogen (secondary N) is 1. The van der Waals surface area contributed by atoms with Gasteiger partial charge in [-0.25, -0.2) is 0 Å². The zero-order valence-corrected chi connectivity index (χ0v) is 15.8. The largest absolute Gasteiger partial charge is 0.327 e. The molecule has 1 saturated carbocycles. The Morgan fingerprint density at radius 1 is 1.24 bits per heavy atom. The summed E-state index contributed by atoms with van der Waals surface area (Å²) >= 11 is 0. The van der Waals surface area contributed by atoms with Crippen molar-refractivity contribution in [1.29, 1.82) is 5.26 Å². The van der Waals surface area contributed by atoms with Crippen LogP contribution in [0.15, 0.2) is 0 Å². The fourth-order valence-corrected chi connectivity index (χ4v) is 4.51.